The molecule has 1 heterocycles. The largest absolute Gasteiger partial charge is 0.466 e. The summed E-state index contributed by atoms with van der Waals surface area (Å²) in [6, 6.07) is 1.30. The van der Waals surface area contributed by atoms with Gasteiger partial charge in [0.2, 0.25) is 0 Å². The number of ether oxygens (including phenoxy) is 1. The zero-order valence-electron chi connectivity index (χ0n) is 13.8. The van der Waals surface area contributed by atoms with Crippen molar-refractivity contribution in [1.82, 2.24) is 10.6 Å². The van der Waals surface area contributed by atoms with Crippen LogP contribution in [-0.2, 0) is 9.53 Å². The lowest BCUT2D eigenvalue weighted by molar-refractivity contribution is -0.173. The molecule has 124 valence electrons. The quantitative estimate of drug-likeness (QED) is 0.764. The zero-order chi connectivity index (χ0) is 15.2. The van der Waals surface area contributed by atoms with Crippen molar-refractivity contribution in [2.24, 2.45) is 23.2 Å². The monoisotopic (exact) mass is 306 g/mol. The molecule has 4 heteroatoms. The molecule has 3 unspecified atom stereocenters. The molecule has 4 aliphatic carbocycles. The molecule has 0 amide bonds. The Hall–Kier alpha value is -0.610. The van der Waals surface area contributed by atoms with Gasteiger partial charge in [0.15, 0.2) is 0 Å². The topological polar surface area (TPSA) is 50.4 Å². The van der Waals surface area contributed by atoms with E-state index in [9.17, 15) is 4.79 Å². The lowest BCUT2D eigenvalue weighted by atomic mass is 9.48. The second-order valence-electron chi connectivity index (χ2n) is 8.20. The predicted octanol–water partition coefficient (Wildman–Crippen LogP) is 2.09. The SMILES string of the molecule is CCOC(=O)C12CC3CC(C1)C(NCC1CCCN1)C(C3)C2. The number of hydrogen-bond acceptors (Lipinski definition) is 4. The summed E-state index contributed by atoms with van der Waals surface area (Å²) in [5.74, 6) is 2.25. The van der Waals surface area contributed by atoms with Crippen molar-refractivity contribution in [2.45, 2.75) is 64.0 Å². The first kappa shape index (κ1) is 14.9. The molecule has 5 rings (SSSR count). The third-order valence-electron chi connectivity index (χ3n) is 6.74. The van der Waals surface area contributed by atoms with Crippen LogP contribution in [0.3, 0.4) is 0 Å². The maximum absolute atomic E-state index is 12.5. The van der Waals surface area contributed by atoms with E-state index in [2.05, 4.69) is 10.6 Å². The van der Waals surface area contributed by atoms with Crippen molar-refractivity contribution >= 4 is 5.97 Å². The van der Waals surface area contributed by atoms with E-state index in [0.717, 1.165) is 31.7 Å². The van der Waals surface area contributed by atoms with Crippen molar-refractivity contribution < 1.29 is 9.53 Å². The van der Waals surface area contributed by atoms with Gasteiger partial charge in [-0.3, -0.25) is 4.79 Å². The van der Waals surface area contributed by atoms with E-state index >= 15 is 0 Å². The van der Waals surface area contributed by atoms with Crippen LogP contribution in [0.15, 0.2) is 0 Å². The summed E-state index contributed by atoms with van der Waals surface area (Å²) in [7, 11) is 0. The van der Waals surface area contributed by atoms with Crippen molar-refractivity contribution in [2.75, 3.05) is 19.7 Å². The first-order chi connectivity index (χ1) is 10.7. The highest BCUT2D eigenvalue weighted by atomic mass is 16.5. The van der Waals surface area contributed by atoms with Gasteiger partial charge in [-0.15, -0.1) is 0 Å². The van der Waals surface area contributed by atoms with E-state index < -0.39 is 0 Å². The highest BCUT2D eigenvalue weighted by Gasteiger charge is 2.59. The smallest absolute Gasteiger partial charge is 0.312 e. The minimum atomic E-state index is -0.129. The molecule has 1 aliphatic heterocycles. The fourth-order valence-corrected chi connectivity index (χ4v) is 6.10. The second kappa shape index (κ2) is 5.79. The van der Waals surface area contributed by atoms with Gasteiger partial charge in [-0.25, -0.2) is 0 Å². The Kier molecular flexibility index (Phi) is 3.93. The lowest BCUT2D eigenvalue weighted by Crippen LogP contribution is -2.61. The molecule has 3 atom stereocenters. The fourth-order valence-electron chi connectivity index (χ4n) is 6.10. The van der Waals surface area contributed by atoms with Crippen LogP contribution in [0.25, 0.3) is 0 Å². The zero-order valence-corrected chi connectivity index (χ0v) is 13.8. The van der Waals surface area contributed by atoms with Crippen LogP contribution < -0.4 is 10.6 Å². The highest BCUT2D eigenvalue weighted by molar-refractivity contribution is 5.77. The summed E-state index contributed by atoms with van der Waals surface area (Å²) in [6.45, 7) is 4.74. The molecule has 0 radical (unpaired) electrons. The number of esters is 1. The van der Waals surface area contributed by atoms with E-state index in [1.54, 1.807) is 0 Å². The van der Waals surface area contributed by atoms with E-state index in [1.807, 2.05) is 6.92 Å². The van der Waals surface area contributed by atoms with E-state index in [4.69, 9.17) is 4.74 Å². The van der Waals surface area contributed by atoms with Crippen LogP contribution >= 0.6 is 0 Å². The normalized spacial score (nSPS) is 46.1. The minimum Gasteiger partial charge on any atom is -0.466 e. The maximum Gasteiger partial charge on any atom is 0.312 e. The molecular weight excluding hydrogens is 276 g/mol. The van der Waals surface area contributed by atoms with Crippen LogP contribution in [0.1, 0.15) is 51.9 Å². The summed E-state index contributed by atoms with van der Waals surface area (Å²) in [6.07, 6.45) is 8.50. The van der Waals surface area contributed by atoms with Crippen LogP contribution in [0.4, 0.5) is 0 Å². The number of nitrogens with one attached hydrogen (secondary N) is 2. The van der Waals surface area contributed by atoms with E-state index in [-0.39, 0.29) is 11.4 Å². The molecule has 0 spiro atoms. The molecule has 1 saturated heterocycles. The van der Waals surface area contributed by atoms with E-state index in [1.165, 1.54) is 32.2 Å². The Balaban J connectivity index is 1.42. The Bertz CT molecular complexity index is 417. The fraction of sp³-hybridized carbons (Fsp3) is 0.944. The summed E-state index contributed by atoms with van der Waals surface area (Å²) >= 11 is 0. The van der Waals surface area contributed by atoms with Crippen LogP contribution in [-0.4, -0.2) is 37.7 Å². The van der Waals surface area contributed by atoms with Gasteiger partial charge in [0.25, 0.3) is 0 Å². The van der Waals surface area contributed by atoms with Gasteiger partial charge >= 0.3 is 5.97 Å². The van der Waals surface area contributed by atoms with Crippen LogP contribution in [0, 0.1) is 23.2 Å². The summed E-state index contributed by atoms with van der Waals surface area (Å²) in [5, 5.41) is 7.47. The van der Waals surface area contributed by atoms with Crippen LogP contribution in [0.5, 0.6) is 0 Å². The Morgan fingerprint density at radius 3 is 2.68 bits per heavy atom. The van der Waals surface area contributed by atoms with Gasteiger partial charge < -0.3 is 15.4 Å². The average molecular weight is 306 g/mol. The molecule has 0 aromatic heterocycles. The summed E-state index contributed by atoms with van der Waals surface area (Å²) in [5.41, 5.74) is -0.129. The average Bonchev–Trinajstić information content (AvgIpc) is 2.99. The van der Waals surface area contributed by atoms with Gasteiger partial charge in [-0.2, -0.15) is 0 Å². The Morgan fingerprint density at radius 2 is 2.05 bits per heavy atom. The van der Waals surface area contributed by atoms with E-state index in [0.29, 0.717) is 30.5 Å². The molecule has 5 aliphatic rings. The molecule has 0 aromatic rings. The third kappa shape index (κ3) is 2.48. The van der Waals surface area contributed by atoms with Crippen molar-refractivity contribution in [3.05, 3.63) is 0 Å². The molecule has 4 saturated carbocycles. The number of hydrogen-bond donors (Lipinski definition) is 2. The molecule has 5 fully saturated rings. The second-order valence-corrected chi connectivity index (χ2v) is 8.20. The van der Waals surface area contributed by atoms with Gasteiger partial charge in [0, 0.05) is 18.6 Å². The predicted molar refractivity (Wildman–Crippen MR) is 85.4 cm³/mol. The molecule has 22 heavy (non-hydrogen) atoms. The van der Waals surface area contributed by atoms with Gasteiger partial charge in [0.1, 0.15) is 0 Å². The van der Waals surface area contributed by atoms with Crippen molar-refractivity contribution in [3.8, 4) is 0 Å². The standard InChI is InChI=1S/C18H30N2O2/c1-2-22-17(21)18-8-12-6-13(9-18)16(14(7-12)10-18)20-11-15-4-3-5-19-15/h12-16,19-20H,2-11H2,1H3. The summed E-state index contributed by atoms with van der Waals surface area (Å²) < 4.78 is 5.43. The number of carbonyl (C=O) groups excluding carboxylic acids is 1. The van der Waals surface area contributed by atoms with Crippen LogP contribution in [0.2, 0.25) is 0 Å². The highest BCUT2D eigenvalue weighted by Crippen LogP contribution is 2.60. The number of carbonyl (C=O) groups is 1. The maximum atomic E-state index is 12.5. The molecule has 2 N–H and O–H groups in total. The molecule has 4 bridgehead atoms. The lowest BCUT2D eigenvalue weighted by Gasteiger charge is -2.59. The molecule has 0 aromatic carbocycles. The Morgan fingerprint density at radius 1 is 1.27 bits per heavy atom. The Labute approximate surface area is 133 Å². The van der Waals surface area contributed by atoms with Crippen molar-refractivity contribution in [3.63, 3.8) is 0 Å². The molecular formula is C18H30N2O2. The third-order valence-corrected chi connectivity index (χ3v) is 6.74. The first-order valence-electron chi connectivity index (χ1n) is 9.34. The van der Waals surface area contributed by atoms with Gasteiger partial charge in [-0.05, 0) is 76.2 Å². The van der Waals surface area contributed by atoms with Gasteiger partial charge in [-0.1, -0.05) is 0 Å². The minimum absolute atomic E-state index is 0.102. The van der Waals surface area contributed by atoms with Gasteiger partial charge in [0.05, 0.1) is 12.0 Å². The summed E-state index contributed by atoms with van der Waals surface area (Å²) in [4.78, 5) is 12.5. The number of rotatable bonds is 5. The first-order valence-corrected chi connectivity index (χ1v) is 9.34. The van der Waals surface area contributed by atoms with Crippen molar-refractivity contribution in [1.29, 1.82) is 0 Å². The molecule has 4 nitrogen and oxygen atoms in total.